The third kappa shape index (κ3) is 3.46. The number of carbonyl (C=O) groups is 1. The number of nitrogens with zero attached hydrogens (tertiary/aromatic N) is 3. The Morgan fingerprint density at radius 3 is 2.62 bits per heavy atom. The highest BCUT2D eigenvalue weighted by Gasteiger charge is 2.17. The molecular weight excluding hydrogens is 332 g/mol. The number of rotatable bonds is 6. The summed E-state index contributed by atoms with van der Waals surface area (Å²) in [7, 11) is 1.61. The molecule has 0 unspecified atom stereocenters. The first-order valence-corrected chi connectivity index (χ1v) is 8.46. The SMILES string of the molecule is COc1ccc(CNC(=O)Cn2c(=O)n(C(C)C)c3ncccc32)cc1. The Labute approximate surface area is 151 Å². The van der Waals surface area contributed by atoms with Crippen LogP contribution in [0.5, 0.6) is 5.75 Å². The molecule has 0 spiro atoms. The summed E-state index contributed by atoms with van der Waals surface area (Å²) in [6.45, 7) is 4.18. The number of fused-ring (bicyclic) bond motifs is 1. The van der Waals surface area contributed by atoms with Crippen molar-refractivity contribution in [3.8, 4) is 5.75 Å². The Bertz CT molecular complexity index is 971. The van der Waals surface area contributed by atoms with Crippen LogP contribution in [0.3, 0.4) is 0 Å². The summed E-state index contributed by atoms with van der Waals surface area (Å²) in [6.07, 6.45) is 1.65. The summed E-state index contributed by atoms with van der Waals surface area (Å²) in [5.74, 6) is 0.537. The molecule has 1 aromatic carbocycles. The molecule has 7 heteroatoms. The smallest absolute Gasteiger partial charge is 0.331 e. The van der Waals surface area contributed by atoms with Crippen molar-refractivity contribution in [3.63, 3.8) is 0 Å². The summed E-state index contributed by atoms with van der Waals surface area (Å²) < 4.78 is 8.18. The van der Waals surface area contributed by atoms with Gasteiger partial charge in [-0.2, -0.15) is 0 Å². The van der Waals surface area contributed by atoms with Gasteiger partial charge in [0.15, 0.2) is 5.65 Å². The zero-order valence-corrected chi connectivity index (χ0v) is 15.1. The maximum absolute atomic E-state index is 12.7. The number of benzene rings is 1. The molecule has 1 N–H and O–H groups in total. The fourth-order valence-electron chi connectivity index (χ4n) is 2.87. The molecule has 0 fully saturated rings. The van der Waals surface area contributed by atoms with E-state index in [2.05, 4.69) is 10.3 Å². The van der Waals surface area contributed by atoms with Crippen LogP contribution in [0.25, 0.3) is 11.2 Å². The monoisotopic (exact) mass is 354 g/mol. The van der Waals surface area contributed by atoms with Gasteiger partial charge in [-0.1, -0.05) is 12.1 Å². The van der Waals surface area contributed by atoms with Crippen LogP contribution >= 0.6 is 0 Å². The molecule has 3 rings (SSSR count). The normalized spacial score (nSPS) is 11.1. The zero-order valence-electron chi connectivity index (χ0n) is 15.1. The first-order chi connectivity index (χ1) is 12.5. The Morgan fingerprint density at radius 2 is 1.96 bits per heavy atom. The van der Waals surface area contributed by atoms with E-state index in [0.29, 0.717) is 17.7 Å². The second-order valence-electron chi connectivity index (χ2n) is 6.30. The molecule has 0 saturated heterocycles. The summed E-state index contributed by atoms with van der Waals surface area (Å²) in [5, 5.41) is 2.85. The van der Waals surface area contributed by atoms with Gasteiger partial charge in [0.05, 0.1) is 12.6 Å². The standard InChI is InChI=1S/C19H22N4O3/c1-13(2)23-18-16(5-4-10-20-18)22(19(23)25)12-17(24)21-11-14-6-8-15(26-3)9-7-14/h4-10,13H,11-12H2,1-3H3,(H,21,24). The first-order valence-electron chi connectivity index (χ1n) is 8.46. The molecule has 0 radical (unpaired) electrons. The predicted octanol–water partition coefficient (Wildman–Crippen LogP) is 2.10. The van der Waals surface area contributed by atoms with E-state index in [-0.39, 0.29) is 24.2 Å². The van der Waals surface area contributed by atoms with Crippen molar-refractivity contribution in [2.45, 2.75) is 33.0 Å². The highest BCUT2D eigenvalue weighted by molar-refractivity contribution is 5.79. The third-order valence-corrected chi connectivity index (χ3v) is 4.19. The number of ether oxygens (including phenoxy) is 1. The Kier molecular flexibility index (Phi) is 5.06. The van der Waals surface area contributed by atoms with Crippen molar-refractivity contribution < 1.29 is 9.53 Å². The molecule has 7 nitrogen and oxygen atoms in total. The average molecular weight is 354 g/mol. The molecule has 0 saturated carbocycles. The molecule has 0 aliphatic carbocycles. The molecular formula is C19H22N4O3. The molecule has 2 heterocycles. The molecule has 26 heavy (non-hydrogen) atoms. The van der Waals surface area contributed by atoms with Crippen LogP contribution in [0.15, 0.2) is 47.4 Å². The first kappa shape index (κ1) is 17.7. The van der Waals surface area contributed by atoms with Crippen LogP contribution in [0.1, 0.15) is 25.5 Å². The lowest BCUT2D eigenvalue weighted by atomic mass is 10.2. The van der Waals surface area contributed by atoms with Gasteiger partial charge in [-0.3, -0.25) is 13.9 Å². The Hall–Kier alpha value is -3.09. The number of imidazole rings is 1. The van der Waals surface area contributed by atoms with Crippen LogP contribution in [0.4, 0.5) is 0 Å². The number of amides is 1. The largest absolute Gasteiger partial charge is 0.497 e. The number of hydrogen-bond donors (Lipinski definition) is 1. The second kappa shape index (κ2) is 7.43. The van der Waals surface area contributed by atoms with E-state index in [1.807, 2.05) is 38.1 Å². The number of pyridine rings is 1. The molecule has 0 aliphatic rings. The van der Waals surface area contributed by atoms with Gasteiger partial charge in [0, 0.05) is 18.8 Å². The molecule has 2 aromatic heterocycles. The van der Waals surface area contributed by atoms with Crippen molar-refractivity contribution in [2.24, 2.45) is 0 Å². The van der Waals surface area contributed by atoms with E-state index in [1.165, 1.54) is 4.57 Å². The minimum absolute atomic E-state index is 0.0384. The van der Waals surface area contributed by atoms with Crippen molar-refractivity contribution in [2.75, 3.05) is 7.11 Å². The summed E-state index contributed by atoms with van der Waals surface area (Å²) in [4.78, 5) is 29.4. The number of aromatic nitrogens is 3. The van der Waals surface area contributed by atoms with Crippen LogP contribution in [0, 0.1) is 0 Å². The van der Waals surface area contributed by atoms with Crippen molar-refractivity contribution in [1.29, 1.82) is 0 Å². The van der Waals surface area contributed by atoms with Crippen molar-refractivity contribution >= 4 is 17.1 Å². The van der Waals surface area contributed by atoms with E-state index in [9.17, 15) is 9.59 Å². The number of hydrogen-bond acceptors (Lipinski definition) is 4. The van der Waals surface area contributed by atoms with E-state index < -0.39 is 0 Å². The quantitative estimate of drug-likeness (QED) is 0.735. The second-order valence-corrected chi connectivity index (χ2v) is 6.30. The topological polar surface area (TPSA) is 78.1 Å². The molecule has 3 aromatic rings. The van der Waals surface area contributed by atoms with Crippen molar-refractivity contribution in [1.82, 2.24) is 19.4 Å². The summed E-state index contributed by atoms with van der Waals surface area (Å²) in [5.41, 5.74) is 1.98. The minimum Gasteiger partial charge on any atom is -0.497 e. The van der Waals surface area contributed by atoms with Crippen LogP contribution in [-0.2, 0) is 17.9 Å². The fraction of sp³-hybridized carbons (Fsp3) is 0.316. The summed E-state index contributed by atoms with van der Waals surface area (Å²) >= 11 is 0. The lowest BCUT2D eigenvalue weighted by Crippen LogP contribution is -2.33. The predicted molar refractivity (Wildman–Crippen MR) is 99.2 cm³/mol. The number of carbonyl (C=O) groups excluding carboxylic acids is 1. The van der Waals surface area contributed by atoms with Gasteiger partial charge in [-0.05, 0) is 43.7 Å². The summed E-state index contributed by atoms with van der Waals surface area (Å²) in [6, 6.07) is 11.0. The van der Waals surface area contributed by atoms with E-state index in [4.69, 9.17) is 4.74 Å². The molecule has 0 atom stereocenters. The van der Waals surface area contributed by atoms with Crippen LogP contribution in [-0.4, -0.2) is 27.1 Å². The van der Waals surface area contributed by atoms with Crippen molar-refractivity contribution in [3.05, 3.63) is 58.6 Å². The van der Waals surface area contributed by atoms with Gasteiger partial charge in [0.1, 0.15) is 12.3 Å². The van der Waals surface area contributed by atoms with Gasteiger partial charge in [0.25, 0.3) is 0 Å². The Balaban J connectivity index is 1.77. The van der Waals surface area contributed by atoms with Crippen LogP contribution < -0.4 is 15.7 Å². The van der Waals surface area contributed by atoms with Gasteiger partial charge in [0.2, 0.25) is 5.91 Å². The Morgan fingerprint density at radius 1 is 1.23 bits per heavy atom. The zero-order chi connectivity index (χ0) is 18.7. The van der Waals surface area contributed by atoms with Gasteiger partial charge in [-0.15, -0.1) is 0 Å². The lowest BCUT2D eigenvalue weighted by Gasteiger charge is -2.07. The van der Waals surface area contributed by atoms with Gasteiger partial charge >= 0.3 is 5.69 Å². The minimum atomic E-state index is -0.228. The molecule has 136 valence electrons. The van der Waals surface area contributed by atoms with E-state index in [0.717, 1.165) is 11.3 Å². The maximum Gasteiger partial charge on any atom is 0.331 e. The van der Waals surface area contributed by atoms with E-state index >= 15 is 0 Å². The van der Waals surface area contributed by atoms with Crippen LogP contribution in [0.2, 0.25) is 0 Å². The van der Waals surface area contributed by atoms with Gasteiger partial charge < -0.3 is 10.1 Å². The molecule has 0 aliphatic heterocycles. The van der Waals surface area contributed by atoms with E-state index in [1.54, 1.807) is 30.0 Å². The van der Waals surface area contributed by atoms with Gasteiger partial charge in [-0.25, -0.2) is 9.78 Å². The molecule has 1 amide bonds. The average Bonchev–Trinajstić information content (AvgIpc) is 2.92. The highest BCUT2D eigenvalue weighted by Crippen LogP contribution is 2.14. The number of nitrogens with one attached hydrogen (secondary N) is 1. The maximum atomic E-state index is 12.7. The fourth-order valence-corrected chi connectivity index (χ4v) is 2.87. The highest BCUT2D eigenvalue weighted by atomic mass is 16.5. The third-order valence-electron chi connectivity index (χ3n) is 4.19. The number of methoxy groups -OCH3 is 1. The lowest BCUT2D eigenvalue weighted by molar-refractivity contribution is -0.121. The molecule has 0 bridgehead atoms.